The summed E-state index contributed by atoms with van der Waals surface area (Å²) in [6.07, 6.45) is -0.0971. The Morgan fingerprint density at radius 2 is 2.04 bits per heavy atom. The molecule has 0 aliphatic carbocycles. The maximum atomic E-state index is 6.34. The zero-order valence-electron chi connectivity index (χ0n) is 14.6. The van der Waals surface area contributed by atoms with Crippen molar-refractivity contribution in [3.05, 3.63) is 45.7 Å². The first-order valence-corrected chi connectivity index (χ1v) is 8.59. The molecule has 2 aliphatic heterocycles. The lowest BCUT2D eigenvalue weighted by molar-refractivity contribution is -0.0434. The number of halogens is 1. The summed E-state index contributed by atoms with van der Waals surface area (Å²) in [5, 5.41) is 8.49. The van der Waals surface area contributed by atoms with Gasteiger partial charge in [0, 0.05) is 23.9 Å². The number of nitrogens with zero attached hydrogens (tertiary/aromatic N) is 2. The average molecular weight is 348 g/mol. The van der Waals surface area contributed by atoms with Gasteiger partial charge >= 0.3 is 0 Å². The first-order chi connectivity index (χ1) is 11.3. The van der Waals surface area contributed by atoms with Gasteiger partial charge < -0.3 is 14.8 Å². The summed E-state index contributed by atoms with van der Waals surface area (Å²) in [6, 6.07) is 6.28. The van der Waals surface area contributed by atoms with E-state index in [0.29, 0.717) is 5.15 Å². The third-order valence-electron chi connectivity index (χ3n) is 4.90. The van der Waals surface area contributed by atoms with Crippen LogP contribution in [0.15, 0.2) is 18.2 Å². The van der Waals surface area contributed by atoms with Crippen LogP contribution in [0.3, 0.4) is 0 Å². The van der Waals surface area contributed by atoms with Crippen LogP contribution in [0.4, 0.5) is 5.69 Å². The second-order valence-corrected chi connectivity index (χ2v) is 7.43. The number of aryl methyl sites for hydroxylation is 2. The highest BCUT2D eigenvalue weighted by atomic mass is 35.5. The predicted molar refractivity (Wildman–Crippen MR) is 93.2 cm³/mol. The molecule has 6 heteroatoms. The highest BCUT2D eigenvalue weighted by molar-refractivity contribution is 6.30. The first kappa shape index (κ1) is 15.9. The van der Waals surface area contributed by atoms with Crippen molar-refractivity contribution < 1.29 is 9.47 Å². The number of anilines is 1. The molecule has 4 rings (SSSR count). The molecule has 1 aromatic carbocycles. The van der Waals surface area contributed by atoms with E-state index in [1.807, 2.05) is 14.0 Å². The fourth-order valence-corrected chi connectivity index (χ4v) is 4.07. The summed E-state index contributed by atoms with van der Waals surface area (Å²) in [5.74, 6) is 0. The number of epoxide rings is 1. The zero-order valence-corrected chi connectivity index (χ0v) is 15.3. The van der Waals surface area contributed by atoms with Crippen LogP contribution >= 0.6 is 11.6 Å². The summed E-state index contributed by atoms with van der Waals surface area (Å²) in [6.45, 7) is 8.26. The van der Waals surface area contributed by atoms with Crippen molar-refractivity contribution in [2.75, 3.05) is 5.32 Å². The van der Waals surface area contributed by atoms with Crippen LogP contribution in [-0.4, -0.2) is 16.0 Å². The van der Waals surface area contributed by atoms with E-state index in [1.165, 1.54) is 11.1 Å². The Labute approximate surface area is 146 Å². The lowest BCUT2D eigenvalue weighted by atomic mass is 9.93. The fourth-order valence-electron chi connectivity index (χ4n) is 3.78. The number of benzene rings is 1. The van der Waals surface area contributed by atoms with Gasteiger partial charge in [0.2, 0.25) is 0 Å². The number of ether oxygens (including phenoxy) is 2. The first-order valence-electron chi connectivity index (χ1n) is 8.22. The molecule has 128 valence electrons. The van der Waals surface area contributed by atoms with Gasteiger partial charge in [-0.15, -0.1) is 0 Å². The second kappa shape index (κ2) is 5.22. The molecule has 3 unspecified atom stereocenters. The average Bonchev–Trinajstić information content (AvgIpc) is 3.12. The van der Waals surface area contributed by atoms with Crippen molar-refractivity contribution in [1.29, 1.82) is 0 Å². The van der Waals surface area contributed by atoms with E-state index in [1.54, 1.807) is 4.68 Å². The standard InChI is InChI=1S/C18H22ClN3O2/c1-9-13(16(19)22(5)21-9)15-17(23-15)20-12-8-6-7-11-14(12)10(2)24-18(11,3)4/h6-8,10,15,17,20H,1-5H3. The van der Waals surface area contributed by atoms with E-state index in [0.717, 1.165) is 16.9 Å². The van der Waals surface area contributed by atoms with Crippen LogP contribution in [0.1, 0.15) is 55.4 Å². The van der Waals surface area contributed by atoms with Gasteiger partial charge in [0.05, 0.1) is 17.4 Å². The highest BCUT2D eigenvalue weighted by Crippen LogP contribution is 2.48. The molecule has 1 N–H and O–H groups in total. The molecule has 0 spiro atoms. The van der Waals surface area contributed by atoms with E-state index >= 15 is 0 Å². The Bertz CT molecular complexity index is 815. The minimum Gasteiger partial charge on any atom is -0.363 e. The van der Waals surface area contributed by atoms with Crippen molar-refractivity contribution >= 4 is 17.3 Å². The monoisotopic (exact) mass is 347 g/mol. The number of rotatable bonds is 3. The zero-order chi connectivity index (χ0) is 17.2. The van der Waals surface area contributed by atoms with Gasteiger partial charge in [-0.3, -0.25) is 4.68 Å². The Morgan fingerprint density at radius 3 is 2.71 bits per heavy atom. The summed E-state index contributed by atoms with van der Waals surface area (Å²) >= 11 is 6.34. The van der Waals surface area contributed by atoms with E-state index in [4.69, 9.17) is 21.1 Å². The van der Waals surface area contributed by atoms with Crippen molar-refractivity contribution in [3.63, 3.8) is 0 Å². The molecular weight excluding hydrogens is 326 g/mol. The van der Waals surface area contributed by atoms with Crippen LogP contribution in [0, 0.1) is 6.92 Å². The van der Waals surface area contributed by atoms with Crippen molar-refractivity contribution in [3.8, 4) is 0 Å². The Kier molecular flexibility index (Phi) is 3.46. The minimum absolute atomic E-state index is 0.0552. The second-order valence-electron chi connectivity index (χ2n) is 7.07. The van der Waals surface area contributed by atoms with Gasteiger partial charge in [-0.2, -0.15) is 5.10 Å². The molecule has 1 aromatic heterocycles. The van der Waals surface area contributed by atoms with Crippen molar-refractivity contribution in [1.82, 2.24) is 9.78 Å². The molecule has 0 saturated carbocycles. The molecule has 2 aliphatic rings. The number of nitrogens with one attached hydrogen (secondary N) is 1. The Hall–Kier alpha value is -1.56. The Morgan fingerprint density at radius 1 is 1.29 bits per heavy atom. The third-order valence-corrected chi connectivity index (χ3v) is 5.35. The largest absolute Gasteiger partial charge is 0.363 e. The van der Waals surface area contributed by atoms with Crippen molar-refractivity contribution in [2.24, 2.45) is 7.05 Å². The highest BCUT2D eigenvalue weighted by Gasteiger charge is 2.45. The number of aromatic nitrogens is 2. The third kappa shape index (κ3) is 2.34. The van der Waals surface area contributed by atoms with Crippen LogP contribution in [-0.2, 0) is 22.1 Å². The van der Waals surface area contributed by atoms with Crippen LogP contribution in [0.5, 0.6) is 0 Å². The summed E-state index contributed by atoms with van der Waals surface area (Å²) in [4.78, 5) is 0. The molecule has 3 heterocycles. The maximum absolute atomic E-state index is 6.34. The molecule has 1 fully saturated rings. The molecule has 0 amide bonds. The van der Waals surface area contributed by atoms with Crippen molar-refractivity contribution in [2.45, 2.75) is 51.7 Å². The summed E-state index contributed by atoms with van der Waals surface area (Å²) in [7, 11) is 1.84. The molecule has 24 heavy (non-hydrogen) atoms. The summed E-state index contributed by atoms with van der Waals surface area (Å²) < 4.78 is 13.6. The van der Waals surface area contributed by atoms with Gasteiger partial charge in [0.25, 0.3) is 0 Å². The van der Waals surface area contributed by atoms with Gasteiger partial charge in [0.1, 0.15) is 11.3 Å². The smallest absolute Gasteiger partial charge is 0.159 e. The minimum atomic E-state index is -0.264. The lowest BCUT2D eigenvalue weighted by Gasteiger charge is -2.19. The maximum Gasteiger partial charge on any atom is 0.159 e. The SMILES string of the molecule is Cc1nn(C)c(Cl)c1C1OC1Nc1cccc2c1C(C)OC2(C)C. The van der Waals surface area contributed by atoms with E-state index in [2.05, 4.69) is 49.4 Å². The van der Waals surface area contributed by atoms with Gasteiger partial charge in [0.15, 0.2) is 6.23 Å². The molecule has 3 atom stereocenters. The fraction of sp³-hybridized carbons (Fsp3) is 0.500. The molecule has 1 saturated heterocycles. The molecule has 0 bridgehead atoms. The van der Waals surface area contributed by atoms with Crippen LogP contribution < -0.4 is 5.32 Å². The quantitative estimate of drug-likeness (QED) is 0.845. The van der Waals surface area contributed by atoms with E-state index in [-0.39, 0.29) is 24.0 Å². The van der Waals surface area contributed by atoms with Gasteiger partial charge in [-0.05, 0) is 39.3 Å². The van der Waals surface area contributed by atoms with Crippen LogP contribution in [0.2, 0.25) is 5.15 Å². The summed E-state index contributed by atoms with van der Waals surface area (Å²) in [5.41, 5.74) is 5.12. The topological polar surface area (TPSA) is 51.6 Å². The van der Waals surface area contributed by atoms with E-state index in [9.17, 15) is 0 Å². The Balaban J connectivity index is 1.60. The number of fused-ring (bicyclic) bond motifs is 1. The van der Waals surface area contributed by atoms with E-state index < -0.39 is 0 Å². The lowest BCUT2D eigenvalue weighted by Crippen LogP contribution is -2.15. The molecule has 0 radical (unpaired) electrons. The molecule has 2 aromatic rings. The molecule has 5 nitrogen and oxygen atoms in total. The van der Waals surface area contributed by atoms with Gasteiger partial charge in [-0.1, -0.05) is 23.7 Å². The predicted octanol–water partition coefficient (Wildman–Crippen LogP) is 4.22. The normalized spacial score (nSPS) is 27.2. The number of hydrogen-bond donors (Lipinski definition) is 1. The number of hydrogen-bond acceptors (Lipinski definition) is 4. The van der Waals surface area contributed by atoms with Gasteiger partial charge in [-0.25, -0.2) is 0 Å². The molecular formula is C18H22ClN3O2. The van der Waals surface area contributed by atoms with Crippen LogP contribution in [0.25, 0.3) is 0 Å².